The Bertz CT molecular complexity index is 338. The van der Waals surface area contributed by atoms with Crippen molar-refractivity contribution in [3.8, 4) is 0 Å². The average Bonchev–Trinajstić information content (AvgIpc) is 2.80. The fourth-order valence-electron chi connectivity index (χ4n) is 5.32. The highest BCUT2D eigenvalue weighted by molar-refractivity contribution is 5.03. The Balaban J connectivity index is 1.78. The molecule has 3 unspecified atom stereocenters. The fourth-order valence-corrected chi connectivity index (χ4v) is 5.32. The van der Waals surface area contributed by atoms with Crippen LogP contribution in [-0.4, -0.2) is 29.6 Å². The normalized spacial score (nSPS) is 42.1. The monoisotopic (exact) mass is 278 g/mol. The number of rotatable bonds is 2. The second-order valence-electron chi connectivity index (χ2n) is 8.54. The lowest BCUT2D eigenvalue weighted by molar-refractivity contribution is 0.0403. The van der Waals surface area contributed by atoms with Crippen LogP contribution in [0.4, 0.5) is 0 Å². The van der Waals surface area contributed by atoms with Crippen LogP contribution in [0.2, 0.25) is 0 Å². The SMILES string of the molecule is CC1(C)CCCC(CN)(N2CCC3CCCCC32)CC1. The molecular formula is C18H34N2. The van der Waals surface area contributed by atoms with Gasteiger partial charge in [-0.25, -0.2) is 0 Å². The van der Waals surface area contributed by atoms with Gasteiger partial charge in [-0.1, -0.05) is 33.1 Å². The van der Waals surface area contributed by atoms with E-state index in [1.165, 1.54) is 70.8 Å². The summed E-state index contributed by atoms with van der Waals surface area (Å²) >= 11 is 0. The van der Waals surface area contributed by atoms with Gasteiger partial charge in [-0.2, -0.15) is 0 Å². The molecule has 3 atom stereocenters. The van der Waals surface area contributed by atoms with Crippen molar-refractivity contribution >= 4 is 0 Å². The predicted molar refractivity (Wildman–Crippen MR) is 85.7 cm³/mol. The molecule has 0 aromatic heterocycles. The predicted octanol–water partition coefficient (Wildman–Crippen LogP) is 3.94. The first kappa shape index (κ1) is 14.8. The fraction of sp³-hybridized carbons (Fsp3) is 1.00. The Hall–Kier alpha value is -0.0800. The van der Waals surface area contributed by atoms with E-state index in [0.29, 0.717) is 11.0 Å². The minimum atomic E-state index is 0.338. The van der Waals surface area contributed by atoms with E-state index >= 15 is 0 Å². The Kier molecular flexibility index (Phi) is 4.16. The standard InChI is InChI=1S/C18H34N2/c1-17(2)9-5-10-18(14-19,12-11-17)20-13-8-15-6-3-4-7-16(15)20/h15-16H,3-14,19H2,1-2H3. The quantitative estimate of drug-likeness (QED) is 0.775. The van der Waals surface area contributed by atoms with Gasteiger partial charge in [0.25, 0.3) is 0 Å². The molecule has 20 heavy (non-hydrogen) atoms. The van der Waals surface area contributed by atoms with Crippen molar-refractivity contribution in [3.05, 3.63) is 0 Å². The third-order valence-electron chi connectivity index (χ3n) is 6.76. The Morgan fingerprint density at radius 1 is 0.950 bits per heavy atom. The Labute approximate surface area is 125 Å². The molecule has 3 aliphatic rings. The summed E-state index contributed by atoms with van der Waals surface area (Å²) in [4.78, 5) is 2.90. The molecule has 2 aliphatic carbocycles. The topological polar surface area (TPSA) is 29.3 Å². The second kappa shape index (κ2) is 5.61. The molecule has 116 valence electrons. The summed E-state index contributed by atoms with van der Waals surface area (Å²) in [7, 11) is 0. The number of hydrogen-bond donors (Lipinski definition) is 1. The average molecular weight is 278 g/mol. The van der Waals surface area contributed by atoms with Crippen LogP contribution >= 0.6 is 0 Å². The Morgan fingerprint density at radius 2 is 1.75 bits per heavy atom. The van der Waals surface area contributed by atoms with Gasteiger partial charge in [-0.05, 0) is 62.8 Å². The molecule has 2 saturated carbocycles. The smallest absolute Gasteiger partial charge is 0.0335 e. The molecule has 1 saturated heterocycles. The van der Waals surface area contributed by atoms with Gasteiger partial charge in [0.05, 0.1) is 0 Å². The van der Waals surface area contributed by atoms with Gasteiger partial charge in [0.15, 0.2) is 0 Å². The van der Waals surface area contributed by atoms with Crippen molar-refractivity contribution in [2.45, 2.75) is 89.6 Å². The van der Waals surface area contributed by atoms with Crippen molar-refractivity contribution < 1.29 is 0 Å². The van der Waals surface area contributed by atoms with E-state index in [1.54, 1.807) is 0 Å². The minimum Gasteiger partial charge on any atom is -0.329 e. The van der Waals surface area contributed by atoms with E-state index in [0.717, 1.165) is 18.5 Å². The molecule has 1 aliphatic heterocycles. The maximum Gasteiger partial charge on any atom is 0.0335 e. The lowest BCUT2D eigenvalue weighted by Crippen LogP contribution is -2.56. The van der Waals surface area contributed by atoms with Gasteiger partial charge in [0.1, 0.15) is 0 Å². The van der Waals surface area contributed by atoms with Gasteiger partial charge >= 0.3 is 0 Å². The van der Waals surface area contributed by atoms with Crippen LogP contribution in [0.15, 0.2) is 0 Å². The number of nitrogens with zero attached hydrogens (tertiary/aromatic N) is 1. The molecular weight excluding hydrogens is 244 g/mol. The molecule has 3 rings (SSSR count). The van der Waals surface area contributed by atoms with Crippen LogP contribution in [0, 0.1) is 11.3 Å². The van der Waals surface area contributed by atoms with Gasteiger partial charge in [0, 0.05) is 18.1 Å². The third-order valence-corrected chi connectivity index (χ3v) is 6.76. The summed E-state index contributed by atoms with van der Waals surface area (Å²) in [6.45, 7) is 7.11. The van der Waals surface area contributed by atoms with Crippen LogP contribution in [0.1, 0.15) is 78.1 Å². The van der Waals surface area contributed by atoms with E-state index in [2.05, 4.69) is 18.7 Å². The maximum atomic E-state index is 6.36. The zero-order valence-corrected chi connectivity index (χ0v) is 13.7. The van der Waals surface area contributed by atoms with E-state index in [1.807, 2.05) is 0 Å². The van der Waals surface area contributed by atoms with Crippen LogP contribution in [0.5, 0.6) is 0 Å². The lowest BCUT2D eigenvalue weighted by Gasteiger charge is -2.46. The highest BCUT2D eigenvalue weighted by Crippen LogP contribution is 2.46. The summed E-state index contributed by atoms with van der Waals surface area (Å²) < 4.78 is 0. The van der Waals surface area contributed by atoms with Crippen molar-refractivity contribution in [2.24, 2.45) is 17.1 Å². The molecule has 0 amide bonds. The second-order valence-corrected chi connectivity index (χ2v) is 8.54. The lowest BCUT2D eigenvalue weighted by atomic mass is 9.80. The molecule has 0 bridgehead atoms. The third kappa shape index (κ3) is 2.66. The van der Waals surface area contributed by atoms with Crippen LogP contribution in [-0.2, 0) is 0 Å². The summed E-state index contributed by atoms with van der Waals surface area (Å²) in [5, 5.41) is 0. The van der Waals surface area contributed by atoms with Gasteiger partial charge in [-0.15, -0.1) is 0 Å². The van der Waals surface area contributed by atoms with Gasteiger partial charge in [0.2, 0.25) is 0 Å². The van der Waals surface area contributed by atoms with Crippen molar-refractivity contribution in [3.63, 3.8) is 0 Å². The first-order valence-electron chi connectivity index (χ1n) is 9.03. The molecule has 1 heterocycles. The molecule has 0 aromatic rings. The van der Waals surface area contributed by atoms with Crippen LogP contribution in [0.25, 0.3) is 0 Å². The summed E-state index contributed by atoms with van der Waals surface area (Å²) in [6.07, 6.45) is 14.1. The van der Waals surface area contributed by atoms with Crippen molar-refractivity contribution in [1.29, 1.82) is 0 Å². The number of nitrogens with two attached hydrogens (primary N) is 1. The number of hydrogen-bond acceptors (Lipinski definition) is 2. The van der Waals surface area contributed by atoms with Crippen LogP contribution < -0.4 is 5.73 Å². The molecule has 0 spiro atoms. The van der Waals surface area contributed by atoms with E-state index in [9.17, 15) is 0 Å². The molecule has 3 fully saturated rings. The first-order chi connectivity index (χ1) is 9.56. The van der Waals surface area contributed by atoms with Gasteiger partial charge in [-0.3, -0.25) is 4.90 Å². The Morgan fingerprint density at radius 3 is 2.55 bits per heavy atom. The summed E-state index contributed by atoms with van der Waals surface area (Å²) in [6, 6.07) is 0.869. The largest absolute Gasteiger partial charge is 0.329 e. The zero-order valence-electron chi connectivity index (χ0n) is 13.7. The maximum absolute atomic E-state index is 6.36. The number of fused-ring (bicyclic) bond motifs is 1. The van der Waals surface area contributed by atoms with E-state index in [-0.39, 0.29) is 0 Å². The molecule has 2 nitrogen and oxygen atoms in total. The summed E-state index contributed by atoms with van der Waals surface area (Å²) in [5.74, 6) is 0.989. The first-order valence-corrected chi connectivity index (χ1v) is 9.03. The summed E-state index contributed by atoms with van der Waals surface area (Å²) in [5.41, 5.74) is 7.22. The van der Waals surface area contributed by atoms with Crippen molar-refractivity contribution in [1.82, 2.24) is 4.90 Å². The number of likely N-dealkylation sites (tertiary alicyclic amines) is 1. The zero-order chi connectivity index (χ0) is 14.2. The van der Waals surface area contributed by atoms with E-state index < -0.39 is 0 Å². The van der Waals surface area contributed by atoms with Gasteiger partial charge < -0.3 is 5.73 Å². The van der Waals surface area contributed by atoms with E-state index in [4.69, 9.17) is 5.73 Å². The molecule has 0 aromatic carbocycles. The molecule has 0 radical (unpaired) electrons. The molecule has 2 heteroatoms. The van der Waals surface area contributed by atoms with Crippen molar-refractivity contribution in [2.75, 3.05) is 13.1 Å². The highest BCUT2D eigenvalue weighted by Gasteiger charge is 2.47. The molecule has 2 N–H and O–H groups in total. The minimum absolute atomic E-state index is 0.338. The highest BCUT2D eigenvalue weighted by atomic mass is 15.3. The van der Waals surface area contributed by atoms with Crippen LogP contribution in [0.3, 0.4) is 0 Å².